The van der Waals surface area contributed by atoms with E-state index in [1.807, 2.05) is 0 Å². The molecule has 0 aliphatic heterocycles. The van der Waals surface area contributed by atoms with E-state index in [0.29, 0.717) is 0 Å². The summed E-state index contributed by atoms with van der Waals surface area (Å²) in [6.45, 7) is 7.11. The summed E-state index contributed by atoms with van der Waals surface area (Å²) < 4.78 is 0. The van der Waals surface area contributed by atoms with Gasteiger partial charge in [-0.2, -0.15) is 0 Å². The second-order valence-electron chi connectivity index (χ2n) is 4.22. The van der Waals surface area contributed by atoms with Crippen molar-refractivity contribution >= 4 is 11.9 Å². The molecule has 0 aromatic rings. The van der Waals surface area contributed by atoms with Crippen molar-refractivity contribution in [2.24, 2.45) is 23.3 Å². The number of rotatable bonds is 4. The van der Waals surface area contributed by atoms with Gasteiger partial charge in [0, 0.05) is 0 Å². The zero-order valence-corrected chi connectivity index (χ0v) is 11.7. The summed E-state index contributed by atoms with van der Waals surface area (Å²) in [7, 11) is 0. The number of hydrogen-bond donors (Lipinski definition) is 4. The maximum Gasteiger partial charge on any atom is 2.00 e. The zero-order chi connectivity index (χ0) is 13.5. The van der Waals surface area contributed by atoms with Crippen molar-refractivity contribution in [3.63, 3.8) is 0 Å². The number of nitrogens with two attached hydrogens (primary N) is 2. The molecule has 0 rings (SSSR count). The van der Waals surface area contributed by atoms with Gasteiger partial charge in [0.1, 0.15) is 12.1 Å². The quantitative estimate of drug-likeness (QED) is 0.544. The SMILES string of the molecule is CC(C)[C@H](N)C(=O)O.CC(C)[C@H](N)C(=O)O.[Mn+2]. The first-order valence-electron chi connectivity index (χ1n) is 5.08. The van der Waals surface area contributed by atoms with Crippen molar-refractivity contribution in [3.8, 4) is 0 Å². The number of aliphatic carboxylic acids is 2. The molecule has 0 aliphatic carbocycles. The van der Waals surface area contributed by atoms with Crippen LogP contribution in [0.2, 0.25) is 0 Å². The molecular formula is C10H22MnN2O4+2. The third kappa shape index (κ3) is 11.6. The fourth-order valence-electron chi connectivity index (χ4n) is 0.570. The predicted molar refractivity (Wildman–Crippen MR) is 60.9 cm³/mol. The topological polar surface area (TPSA) is 127 Å². The Morgan fingerprint density at radius 1 is 0.824 bits per heavy atom. The summed E-state index contributed by atoms with van der Waals surface area (Å²) in [5, 5.41) is 16.5. The first kappa shape index (κ1) is 21.6. The fourth-order valence-corrected chi connectivity index (χ4v) is 0.570. The molecule has 0 saturated carbocycles. The largest absolute Gasteiger partial charge is 2.00 e. The standard InChI is InChI=1S/2C5H11NO2.Mn/c2*1-3(2)4(6)5(7)8;/h2*3-4H,6H2,1-2H3,(H,7,8);/q;;+2/t2*4-;/m00./s1. The van der Waals surface area contributed by atoms with Crippen LogP contribution in [0.15, 0.2) is 0 Å². The van der Waals surface area contributed by atoms with Gasteiger partial charge in [-0.25, -0.2) is 0 Å². The summed E-state index contributed by atoms with van der Waals surface area (Å²) >= 11 is 0. The summed E-state index contributed by atoms with van der Waals surface area (Å²) in [6.07, 6.45) is 0. The molecule has 7 heteroatoms. The van der Waals surface area contributed by atoms with Gasteiger partial charge >= 0.3 is 29.0 Å². The van der Waals surface area contributed by atoms with E-state index in [2.05, 4.69) is 0 Å². The summed E-state index contributed by atoms with van der Waals surface area (Å²) in [5.41, 5.74) is 10.3. The van der Waals surface area contributed by atoms with Crippen molar-refractivity contribution in [3.05, 3.63) is 0 Å². The van der Waals surface area contributed by atoms with Gasteiger partial charge in [0.05, 0.1) is 0 Å². The minimum Gasteiger partial charge on any atom is -0.480 e. The van der Waals surface area contributed by atoms with Gasteiger partial charge in [0.2, 0.25) is 0 Å². The Balaban J connectivity index is -0.000000218. The molecule has 0 unspecified atom stereocenters. The number of hydrogen-bond acceptors (Lipinski definition) is 4. The molecule has 0 bridgehead atoms. The number of carboxylic acid groups (broad SMARTS) is 2. The Hall–Kier alpha value is -0.621. The van der Waals surface area contributed by atoms with Crippen LogP contribution in [0.1, 0.15) is 27.7 Å². The maximum absolute atomic E-state index is 10.0. The number of carbonyl (C=O) groups is 2. The first-order chi connectivity index (χ1) is 7.11. The monoisotopic (exact) mass is 289 g/mol. The van der Waals surface area contributed by atoms with Crippen LogP contribution in [0.3, 0.4) is 0 Å². The van der Waals surface area contributed by atoms with E-state index in [1.54, 1.807) is 27.7 Å². The van der Waals surface area contributed by atoms with E-state index >= 15 is 0 Å². The molecule has 0 aromatic carbocycles. The normalized spacial score (nSPS) is 13.2. The van der Waals surface area contributed by atoms with Crippen LogP contribution < -0.4 is 11.5 Å². The van der Waals surface area contributed by atoms with Crippen molar-refractivity contribution < 1.29 is 36.9 Å². The second-order valence-corrected chi connectivity index (χ2v) is 4.22. The molecule has 0 saturated heterocycles. The minimum absolute atomic E-state index is 0. The smallest absolute Gasteiger partial charge is 0.480 e. The van der Waals surface area contributed by atoms with E-state index in [9.17, 15) is 9.59 Å². The van der Waals surface area contributed by atoms with Crippen LogP contribution in [0, 0.1) is 11.8 Å². The summed E-state index contributed by atoms with van der Waals surface area (Å²) in [5.74, 6) is -1.82. The van der Waals surface area contributed by atoms with Crippen LogP contribution in [0.25, 0.3) is 0 Å². The molecule has 0 heterocycles. The van der Waals surface area contributed by atoms with Crippen molar-refractivity contribution in [2.45, 2.75) is 39.8 Å². The fraction of sp³-hybridized carbons (Fsp3) is 0.800. The van der Waals surface area contributed by atoms with Crippen molar-refractivity contribution in [1.82, 2.24) is 0 Å². The molecule has 0 amide bonds. The van der Waals surface area contributed by atoms with Gasteiger partial charge in [0.25, 0.3) is 0 Å². The Morgan fingerprint density at radius 3 is 1.00 bits per heavy atom. The second kappa shape index (κ2) is 10.5. The van der Waals surface area contributed by atoms with Gasteiger partial charge in [0.15, 0.2) is 0 Å². The third-order valence-electron chi connectivity index (χ3n) is 2.01. The van der Waals surface area contributed by atoms with Gasteiger partial charge < -0.3 is 21.7 Å². The average Bonchev–Trinajstić information content (AvgIpc) is 2.15. The van der Waals surface area contributed by atoms with Crippen LogP contribution in [0.5, 0.6) is 0 Å². The van der Waals surface area contributed by atoms with Crippen molar-refractivity contribution in [1.29, 1.82) is 0 Å². The Kier molecular flexibility index (Phi) is 13.4. The van der Waals surface area contributed by atoms with Crippen LogP contribution in [0.4, 0.5) is 0 Å². The minimum atomic E-state index is -0.931. The maximum atomic E-state index is 10.0. The summed E-state index contributed by atoms with van der Waals surface area (Å²) in [6, 6.07) is -1.43. The van der Waals surface area contributed by atoms with Crippen LogP contribution in [-0.4, -0.2) is 34.2 Å². The predicted octanol–water partition coefficient (Wildman–Crippen LogP) is 0.106. The molecule has 0 aliphatic rings. The number of carboxylic acids is 2. The Morgan fingerprint density at radius 2 is 1.00 bits per heavy atom. The molecule has 17 heavy (non-hydrogen) atoms. The van der Waals surface area contributed by atoms with E-state index < -0.39 is 24.0 Å². The Bertz CT molecular complexity index is 210. The molecular weight excluding hydrogens is 267 g/mol. The first-order valence-corrected chi connectivity index (χ1v) is 5.08. The molecule has 2 atom stereocenters. The third-order valence-corrected chi connectivity index (χ3v) is 2.01. The van der Waals surface area contributed by atoms with Gasteiger partial charge in [-0.3, -0.25) is 9.59 Å². The van der Waals surface area contributed by atoms with E-state index in [4.69, 9.17) is 21.7 Å². The molecule has 6 N–H and O–H groups in total. The van der Waals surface area contributed by atoms with E-state index in [0.717, 1.165) is 0 Å². The zero-order valence-electron chi connectivity index (χ0n) is 10.6. The van der Waals surface area contributed by atoms with E-state index in [1.165, 1.54) is 0 Å². The molecule has 6 nitrogen and oxygen atoms in total. The molecule has 1 radical (unpaired) electrons. The van der Waals surface area contributed by atoms with Gasteiger partial charge in [-0.05, 0) is 11.8 Å². The van der Waals surface area contributed by atoms with Gasteiger partial charge in [-0.1, -0.05) is 27.7 Å². The average molecular weight is 289 g/mol. The van der Waals surface area contributed by atoms with Crippen molar-refractivity contribution in [2.75, 3.05) is 0 Å². The van der Waals surface area contributed by atoms with Crippen LogP contribution in [-0.2, 0) is 26.7 Å². The summed E-state index contributed by atoms with van der Waals surface area (Å²) in [4.78, 5) is 20.0. The van der Waals surface area contributed by atoms with E-state index in [-0.39, 0.29) is 28.9 Å². The Labute approximate surface area is 112 Å². The van der Waals surface area contributed by atoms with Crippen LogP contribution >= 0.6 is 0 Å². The van der Waals surface area contributed by atoms with Gasteiger partial charge in [-0.15, -0.1) is 0 Å². The molecule has 0 fully saturated rings. The molecule has 101 valence electrons. The molecule has 0 spiro atoms. The molecule has 0 aromatic heterocycles.